The van der Waals surface area contributed by atoms with Crippen molar-refractivity contribution < 1.29 is 8.78 Å². The normalized spacial score (nSPS) is 10.3. The molecule has 0 saturated heterocycles. The molecule has 0 bridgehead atoms. The van der Waals surface area contributed by atoms with E-state index in [-0.39, 0.29) is 11.6 Å². The van der Waals surface area contributed by atoms with Crippen LogP contribution in [0.4, 0.5) is 8.78 Å². The van der Waals surface area contributed by atoms with E-state index in [0.29, 0.717) is 6.32 Å². The zero-order chi connectivity index (χ0) is 12.3. The van der Waals surface area contributed by atoms with Gasteiger partial charge in [0.1, 0.15) is 11.6 Å². The molecule has 0 spiro atoms. The monoisotopic (exact) mass is 229 g/mol. The van der Waals surface area contributed by atoms with E-state index < -0.39 is 0 Å². The molecule has 85 valence electrons. The largest absolute Gasteiger partial charge is 0.207 e. The Bertz CT molecular complexity index is 523. The van der Waals surface area contributed by atoms with Gasteiger partial charge < -0.3 is 0 Å². The molecule has 0 unspecified atom stereocenters. The van der Waals surface area contributed by atoms with Crippen LogP contribution in [-0.2, 0) is 6.32 Å². The Hall–Kier alpha value is -1.64. The number of rotatable bonds is 3. The lowest BCUT2D eigenvalue weighted by Crippen LogP contribution is -2.20. The van der Waals surface area contributed by atoms with E-state index in [1.165, 1.54) is 24.3 Å². The van der Waals surface area contributed by atoms with Crippen LogP contribution in [0.1, 0.15) is 11.1 Å². The Labute approximate surface area is 101 Å². The molecular formula is C14H12BF2. The first-order valence-corrected chi connectivity index (χ1v) is 5.49. The minimum atomic E-state index is -0.249. The third-order valence-corrected chi connectivity index (χ3v) is 2.69. The summed E-state index contributed by atoms with van der Waals surface area (Å²) in [5.41, 5.74) is 2.76. The van der Waals surface area contributed by atoms with Gasteiger partial charge in [0, 0.05) is 0 Å². The van der Waals surface area contributed by atoms with E-state index >= 15 is 0 Å². The van der Waals surface area contributed by atoms with Gasteiger partial charge in [-0.05, 0) is 37.5 Å². The Morgan fingerprint density at radius 1 is 1.00 bits per heavy atom. The average molecular weight is 229 g/mol. The van der Waals surface area contributed by atoms with Crippen LogP contribution in [0.5, 0.6) is 0 Å². The second kappa shape index (κ2) is 5.13. The number of halogens is 2. The summed E-state index contributed by atoms with van der Waals surface area (Å²) >= 11 is 0. The van der Waals surface area contributed by atoms with Crippen LogP contribution < -0.4 is 5.46 Å². The Kier molecular flexibility index (Phi) is 3.57. The first-order valence-electron chi connectivity index (χ1n) is 5.49. The van der Waals surface area contributed by atoms with Crippen LogP contribution in [-0.4, -0.2) is 7.28 Å². The van der Waals surface area contributed by atoms with Crippen LogP contribution in [0.25, 0.3) is 0 Å². The van der Waals surface area contributed by atoms with Gasteiger partial charge >= 0.3 is 0 Å². The van der Waals surface area contributed by atoms with Gasteiger partial charge in [0.25, 0.3) is 0 Å². The van der Waals surface area contributed by atoms with Gasteiger partial charge in [-0.1, -0.05) is 34.8 Å². The van der Waals surface area contributed by atoms with Crippen molar-refractivity contribution in [2.75, 3.05) is 0 Å². The summed E-state index contributed by atoms with van der Waals surface area (Å²) in [6.07, 6.45) is 0.599. The average Bonchev–Trinajstić information content (AvgIpc) is 2.30. The molecule has 2 aromatic rings. The van der Waals surface area contributed by atoms with Crippen LogP contribution >= 0.6 is 0 Å². The molecule has 0 N–H and O–H groups in total. The number of aryl methyl sites for hydroxylation is 1. The van der Waals surface area contributed by atoms with Crippen molar-refractivity contribution in [3.63, 3.8) is 0 Å². The topological polar surface area (TPSA) is 0 Å². The van der Waals surface area contributed by atoms with Crippen molar-refractivity contribution in [3.8, 4) is 0 Å². The van der Waals surface area contributed by atoms with E-state index in [9.17, 15) is 8.78 Å². The third-order valence-electron chi connectivity index (χ3n) is 2.69. The maximum absolute atomic E-state index is 13.1. The highest BCUT2D eigenvalue weighted by Gasteiger charge is 2.03. The second-order valence-corrected chi connectivity index (χ2v) is 4.04. The molecule has 0 saturated carbocycles. The molecule has 0 aliphatic heterocycles. The molecule has 0 aliphatic carbocycles. The quantitative estimate of drug-likeness (QED) is 0.710. The summed E-state index contributed by atoms with van der Waals surface area (Å²) in [7, 11) is 1.91. The van der Waals surface area contributed by atoms with Gasteiger partial charge in [-0.2, -0.15) is 0 Å². The second-order valence-electron chi connectivity index (χ2n) is 4.04. The summed E-state index contributed by atoms with van der Waals surface area (Å²) in [4.78, 5) is 0. The third kappa shape index (κ3) is 3.16. The van der Waals surface area contributed by atoms with Gasteiger partial charge in [-0.25, -0.2) is 8.78 Å². The highest BCUT2D eigenvalue weighted by Crippen LogP contribution is 2.04. The zero-order valence-electron chi connectivity index (χ0n) is 9.58. The molecule has 2 aromatic carbocycles. The molecule has 3 heteroatoms. The fraction of sp³-hybridized carbons (Fsp3) is 0.143. The molecule has 0 heterocycles. The highest BCUT2D eigenvalue weighted by atomic mass is 19.1. The number of benzene rings is 2. The fourth-order valence-corrected chi connectivity index (χ4v) is 1.72. The van der Waals surface area contributed by atoms with Crippen LogP contribution in [0, 0.1) is 18.6 Å². The molecule has 0 nitrogen and oxygen atoms in total. The first kappa shape index (κ1) is 11.8. The summed E-state index contributed by atoms with van der Waals surface area (Å²) in [5, 5.41) is 0. The Morgan fingerprint density at radius 2 is 1.76 bits per heavy atom. The number of hydrogen-bond acceptors (Lipinski definition) is 0. The SMILES string of the molecule is Cc1ccc(F)cc1[B]Cc1cccc(F)c1. The van der Waals surface area contributed by atoms with E-state index in [2.05, 4.69) is 0 Å². The lowest BCUT2D eigenvalue weighted by atomic mass is 9.64. The standard InChI is InChI=1S/C14H12BF2/c1-10-5-6-13(17)8-14(10)15-9-11-3-2-4-12(16)7-11/h2-8H,9H2,1H3. The van der Waals surface area contributed by atoms with Crippen molar-refractivity contribution in [2.24, 2.45) is 0 Å². The van der Waals surface area contributed by atoms with Gasteiger partial charge in [0.05, 0.1) is 0 Å². The molecule has 0 amide bonds. The fourth-order valence-electron chi connectivity index (χ4n) is 1.72. The van der Waals surface area contributed by atoms with Crippen molar-refractivity contribution in [1.29, 1.82) is 0 Å². The van der Waals surface area contributed by atoms with Gasteiger partial charge in [-0.3, -0.25) is 0 Å². The number of hydrogen-bond donors (Lipinski definition) is 0. The molecule has 0 atom stereocenters. The highest BCUT2D eigenvalue weighted by molar-refractivity contribution is 6.53. The zero-order valence-corrected chi connectivity index (χ0v) is 9.58. The van der Waals surface area contributed by atoms with Crippen molar-refractivity contribution in [3.05, 3.63) is 65.2 Å². The minimum absolute atomic E-state index is 0.244. The minimum Gasteiger partial charge on any atom is -0.207 e. The maximum Gasteiger partial charge on any atom is 0.156 e. The molecule has 2 rings (SSSR count). The van der Waals surface area contributed by atoms with E-state index in [0.717, 1.165) is 16.6 Å². The lowest BCUT2D eigenvalue weighted by molar-refractivity contribution is 0.626. The predicted octanol–water partition coefficient (Wildman–Crippen LogP) is 2.80. The van der Waals surface area contributed by atoms with Crippen molar-refractivity contribution in [2.45, 2.75) is 13.2 Å². The summed E-state index contributed by atoms with van der Waals surface area (Å²) in [6, 6.07) is 11.1. The lowest BCUT2D eigenvalue weighted by Gasteiger charge is -2.05. The van der Waals surface area contributed by atoms with Crippen LogP contribution in [0.3, 0.4) is 0 Å². The maximum atomic E-state index is 13.1. The van der Waals surface area contributed by atoms with Gasteiger partial charge in [0.2, 0.25) is 0 Å². The summed E-state index contributed by atoms with van der Waals surface area (Å²) in [6.45, 7) is 1.93. The Morgan fingerprint density at radius 3 is 2.53 bits per heavy atom. The van der Waals surface area contributed by atoms with Crippen LogP contribution in [0.15, 0.2) is 42.5 Å². The molecular weight excluding hydrogens is 217 g/mol. The molecule has 1 radical (unpaired) electrons. The van der Waals surface area contributed by atoms with E-state index in [4.69, 9.17) is 0 Å². The van der Waals surface area contributed by atoms with Gasteiger partial charge in [-0.15, -0.1) is 0 Å². The predicted molar refractivity (Wildman–Crippen MR) is 66.6 cm³/mol. The van der Waals surface area contributed by atoms with Crippen LogP contribution in [0.2, 0.25) is 0 Å². The smallest absolute Gasteiger partial charge is 0.156 e. The summed E-state index contributed by atoms with van der Waals surface area (Å²) < 4.78 is 26.0. The molecule has 17 heavy (non-hydrogen) atoms. The van der Waals surface area contributed by atoms with Gasteiger partial charge in [0.15, 0.2) is 7.28 Å². The summed E-state index contributed by atoms with van der Waals surface area (Å²) in [5.74, 6) is -0.493. The Balaban J connectivity index is 2.09. The van der Waals surface area contributed by atoms with Crippen molar-refractivity contribution >= 4 is 12.7 Å². The molecule has 0 aromatic heterocycles. The molecule has 0 aliphatic rings. The molecule has 0 fully saturated rings. The van der Waals surface area contributed by atoms with E-state index in [1.54, 1.807) is 12.1 Å². The van der Waals surface area contributed by atoms with Crippen molar-refractivity contribution in [1.82, 2.24) is 0 Å². The first-order chi connectivity index (χ1) is 8.15. The van der Waals surface area contributed by atoms with E-state index in [1.807, 2.05) is 20.3 Å².